The molecule has 0 aliphatic carbocycles. The molecule has 0 fully saturated rings. The Bertz CT molecular complexity index is 749. The van der Waals surface area contributed by atoms with Gasteiger partial charge in [-0.3, -0.25) is 0 Å². The summed E-state index contributed by atoms with van der Waals surface area (Å²) >= 11 is 0. The molecule has 0 aromatic heterocycles. The van der Waals surface area contributed by atoms with Gasteiger partial charge in [0.05, 0.1) is 5.92 Å². The molecule has 1 atom stereocenters. The van der Waals surface area contributed by atoms with E-state index < -0.39 is 0 Å². The van der Waals surface area contributed by atoms with Gasteiger partial charge in [0.25, 0.3) is 0 Å². The summed E-state index contributed by atoms with van der Waals surface area (Å²) in [5.41, 5.74) is 5.44. The van der Waals surface area contributed by atoms with Crippen LogP contribution in [0.3, 0.4) is 0 Å². The highest BCUT2D eigenvalue weighted by atomic mass is 16.5. The first-order chi connectivity index (χ1) is 11.7. The van der Waals surface area contributed by atoms with Gasteiger partial charge in [0, 0.05) is 17.7 Å². The molecule has 0 radical (unpaired) electrons. The molecule has 3 rings (SSSR count). The van der Waals surface area contributed by atoms with Crippen LogP contribution in [-0.4, -0.2) is 18.0 Å². The third-order valence-corrected chi connectivity index (χ3v) is 4.76. The number of carbonyl (C=O) groups excluding carboxylic acids is 1. The predicted molar refractivity (Wildman–Crippen MR) is 95.0 cm³/mol. The van der Waals surface area contributed by atoms with Crippen LogP contribution in [0.4, 0.5) is 0 Å². The predicted octanol–water partition coefficient (Wildman–Crippen LogP) is 4.17. The molecule has 1 aliphatic heterocycles. The lowest BCUT2D eigenvalue weighted by Crippen LogP contribution is -2.14. The fourth-order valence-electron chi connectivity index (χ4n) is 3.40. The third-order valence-electron chi connectivity index (χ3n) is 4.76. The number of carbonyl (C=O) groups is 1. The first-order valence-corrected chi connectivity index (χ1v) is 8.74. The smallest absolute Gasteiger partial charge is 0.134 e. The molecule has 126 valence electrons. The van der Waals surface area contributed by atoms with Crippen molar-refractivity contribution in [2.75, 3.05) is 6.61 Å². The van der Waals surface area contributed by atoms with Crippen molar-refractivity contribution in [2.24, 2.45) is 0 Å². The lowest BCUT2D eigenvalue weighted by Gasteiger charge is -2.28. The Labute approximate surface area is 143 Å². The van der Waals surface area contributed by atoms with Gasteiger partial charge in [-0.05, 0) is 48.4 Å². The van der Waals surface area contributed by atoms with E-state index in [1.807, 2.05) is 12.1 Å². The summed E-state index contributed by atoms with van der Waals surface area (Å²) in [6.45, 7) is 4.41. The second-order valence-corrected chi connectivity index (χ2v) is 6.30. The van der Waals surface area contributed by atoms with Gasteiger partial charge in [0.15, 0.2) is 0 Å². The van der Waals surface area contributed by atoms with Crippen LogP contribution >= 0.6 is 0 Å². The van der Waals surface area contributed by atoms with Gasteiger partial charge in [0.1, 0.15) is 17.8 Å². The van der Waals surface area contributed by atoms with Crippen molar-refractivity contribution in [2.45, 2.75) is 45.4 Å². The van der Waals surface area contributed by atoms with E-state index in [0.29, 0.717) is 0 Å². The van der Waals surface area contributed by atoms with Gasteiger partial charge in [-0.2, -0.15) is 0 Å². The van der Waals surface area contributed by atoms with Crippen molar-refractivity contribution < 1.29 is 14.6 Å². The number of aldehydes is 1. The number of fused-ring (bicyclic) bond motifs is 2. The highest BCUT2D eigenvalue weighted by molar-refractivity contribution is 5.75. The minimum Gasteiger partial charge on any atom is -0.456 e. The first kappa shape index (κ1) is 16.7. The minimum atomic E-state index is -0.283. The number of rotatable bonds is 6. The van der Waals surface area contributed by atoms with Crippen LogP contribution in [0.15, 0.2) is 30.3 Å². The van der Waals surface area contributed by atoms with Crippen molar-refractivity contribution in [3.63, 3.8) is 0 Å². The third kappa shape index (κ3) is 2.96. The van der Waals surface area contributed by atoms with Gasteiger partial charge in [0.2, 0.25) is 0 Å². The molecule has 0 amide bonds. The standard InChI is InChI=1S/C21H24O3/c1-3-14-10-16(4-2)21-18(11-14)19(13-23)17-12-15(6-5-9-22)7-8-20(17)24-21/h7-8,10-13,19,22H,3-6,9H2,1-2H3. The largest absolute Gasteiger partial charge is 0.456 e. The number of aliphatic hydroxyl groups is 1. The Morgan fingerprint density at radius 1 is 1.08 bits per heavy atom. The summed E-state index contributed by atoms with van der Waals surface area (Å²) in [5, 5.41) is 9.03. The summed E-state index contributed by atoms with van der Waals surface area (Å²) in [5.74, 6) is 1.34. The van der Waals surface area contributed by atoms with Crippen LogP contribution in [0, 0.1) is 0 Å². The molecule has 2 aromatic rings. The Morgan fingerprint density at radius 2 is 1.88 bits per heavy atom. The molecule has 0 saturated carbocycles. The molecule has 1 aliphatic rings. The van der Waals surface area contributed by atoms with E-state index in [1.54, 1.807) is 0 Å². The Morgan fingerprint density at radius 3 is 2.54 bits per heavy atom. The number of benzene rings is 2. The van der Waals surface area contributed by atoms with E-state index in [-0.39, 0.29) is 12.5 Å². The Balaban J connectivity index is 2.09. The second kappa shape index (κ2) is 7.18. The molecule has 0 saturated heterocycles. The molecule has 3 heteroatoms. The van der Waals surface area contributed by atoms with E-state index in [0.717, 1.165) is 65.7 Å². The van der Waals surface area contributed by atoms with Gasteiger partial charge in [-0.25, -0.2) is 0 Å². The summed E-state index contributed by atoms with van der Waals surface area (Å²) in [4.78, 5) is 11.9. The molecular formula is C21H24O3. The quantitative estimate of drug-likeness (QED) is 0.811. The maximum absolute atomic E-state index is 11.9. The van der Waals surface area contributed by atoms with Gasteiger partial charge in [-0.1, -0.05) is 38.1 Å². The molecule has 2 aromatic carbocycles. The molecule has 1 unspecified atom stereocenters. The minimum absolute atomic E-state index is 0.174. The zero-order chi connectivity index (χ0) is 17.1. The van der Waals surface area contributed by atoms with E-state index in [9.17, 15) is 4.79 Å². The van der Waals surface area contributed by atoms with Crippen LogP contribution in [0.25, 0.3) is 0 Å². The molecule has 3 nitrogen and oxygen atoms in total. The second-order valence-electron chi connectivity index (χ2n) is 6.30. The normalized spacial score (nSPS) is 15.4. The van der Waals surface area contributed by atoms with Gasteiger partial charge >= 0.3 is 0 Å². The zero-order valence-corrected chi connectivity index (χ0v) is 14.3. The van der Waals surface area contributed by atoms with E-state index >= 15 is 0 Å². The Kier molecular flexibility index (Phi) is 5.00. The summed E-state index contributed by atoms with van der Waals surface area (Å²) in [6.07, 6.45) is 4.37. The maximum atomic E-state index is 11.9. The Hall–Kier alpha value is -2.13. The molecule has 0 bridgehead atoms. The lowest BCUT2D eigenvalue weighted by molar-refractivity contribution is -0.108. The molecule has 24 heavy (non-hydrogen) atoms. The summed E-state index contributed by atoms with van der Waals surface area (Å²) in [6, 6.07) is 10.3. The first-order valence-electron chi connectivity index (χ1n) is 8.74. The average Bonchev–Trinajstić information content (AvgIpc) is 2.63. The number of hydrogen-bond donors (Lipinski definition) is 1. The van der Waals surface area contributed by atoms with E-state index in [4.69, 9.17) is 9.84 Å². The maximum Gasteiger partial charge on any atom is 0.134 e. The fraction of sp³-hybridized carbons (Fsp3) is 0.381. The van der Waals surface area contributed by atoms with Crippen molar-refractivity contribution in [1.29, 1.82) is 0 Å². The van der Waals surface area contributed by atoms with E-state index in [2.05, 4.69) is 32.0 Å². The summed E-state index contributed by atoms with van der Waals surface area (Å²) < 4.78 is 6.18. The number of hydrogen-bond acceptors (Lipinski definition) is 3. The van der Waals surface area contributed by atoms with Crippen molar-refractivity contribution in [3.05, 3.63) is 58.1 Å². The highest BCUT2D eigenvalue weighted by Crippen LogP contribution is 2.46. The average molecular weight is 324 g/mol. The molecular weight excluding hydrogens is 300 g/mol. The number of aryl methyl sites for hydroxylation is 3. The van der Waals surface area contributed by atoms with Crippen molar-refractivity contribution in [1.82, 2.24) is 0 Å². The summed E-state index contributed by atoms with van der Waals surface area (Å²) in [7, 11) is 0. The highest BCUT2D eigenvalue weighted by Gasteiger charge is 2.29. The molecule has 1 heterocycles. The van der Waals surface area contributed by atoms with Gasteiger partial charge in [-0.15, -0.1) is 0 Å². The fourth-order valence-corrected chi connectivity index (χ4v) is 3.40. The van der Waals surface area contributed by atoms with Crippen molar-refractivity contribution in [3.8, 4) is 11.5 Å². The van der Waals surface area contributed by atoms with Crippen LogP contribution in [0.5, 0.6) is 11.5 Å². The van der Waals surface area contributed by atoms with Crippen LogP contribution in [0.2, 0.25) is 0 Å². The monoisotopic (exact) mass is 324 g/mol. The van der Waals surface area contributed by atoms with Crippen molar-refractivity contribution >= 4 is 6.29 Å². The number of aliphatic hydroxyl groups excluding tert-OH is 1. The molecule has 1 N–H and O–H groups in total. The SMILES string of the molecule is CCc1cc(CC)c2c(c1)C(C=O)c1cc(CCCO)ccc1O2. The van der Waals surface area contributed by atoms with E-state index in [1.165, 1.54) is 5.56 Å². The van der Waals surface area contributed by atoms with Crippen LogP contribution < -0.4 is 4.74 Å². The van der Waals surface area contributed by atoms with Gasteiger partial charge < -0.3 is 14.6 Å². The lowest BCUT2D eigenvalue weighted by atomic mass is 9.85. The number of ether oxygens (including phenoxy) is 1. The topological polar surface area (TPSA) is 46.5 Å². The zero-order valence-electron chi connectivity index (χ0n) is 14.3. The van der Waals surface area contributed by atoms with Crippen LogP contribution in [-0.2, 0) is 24.1 Å². The molecule has 0 spiro atoms. The van der Waals surface area contributed by atoms with Crippen LogP contribution in [0.1, 0.15) is 54.0 Å².